The van der Waals surface area contributed by atoms with Gasteiger partial charge in [-0.3, -0.25) is 9.59 Å². The number of benzene rings is 1. The molecule has 1 rings (SSSR count). The number of anilines is 2. The van der Waals surface area contributed by atoms with E-state index in [-0.39, 0.29) is 0 Å². The number of carbonyl (C=O) groups excluding carboxylic acids is 2. The molecule has 0 heterocycles. The van der Waals surface area contributed by atoms with Gasteiger partial charge in [0, 0.05) is 5.56 Å². The first kappa shape index (κ1) is 8.26. The monoisotopic (exact) mass is 164 g/mol. The van der Waals surface area contributed by atoms with Crippen molar-refractivity contribution >= 4 is 24.1 Å². The van der Waals surface area contributed by atoms with Crippen molar-refractivity contribution in [3.05, 3.63) is 23.8 Å². The van der Waals surface area contributed by atoms with E-state index in [1.165, 1.54) is 6.07 Å². The Hall–Kier alpha value is -1.84. The molecular formula is C8H8N2O2. The summed E-state index contributed by atoms with van der Waals surface area (Å²) in [5, 5.41) is 2.39. The normalized spacial score (nSPS) is 9.00. The summed E-state index contributed by atoms with van der Waals surface area (Å²) >= 11 is 0. The third-order valence-corrected chi connectivity index (χ3v) is 1.43. The maximum absolute atomic E-state index is 10.3. The van der Waals surface area contributed by atoms with Crippen LogP contribution < -0.4 is 11.1 Å². The smallest absolute Gasteiger partial charge is 0.211 e. The summed E-state index contributed by atoms with van der Waals surface area (Å²) in [7, 11) is 0. The highest BCUT2D eigenvalue weighted by Gasteiger charge is 1.98. The summed E-state index contributed by atoms with van der Waals surface area (Å²) in [6.07, 6.45) is 1.20. The summed E-state index contributed by atoms with van der Waals surface area (Å²) in [6.45, 7) is 0. The molecule has 0 saturated heterocycles. The maximum atomic E-state index is 10.3. The van der Waals surface area contributed by atoms with Gasteiger partial charge in [-0.1, -0.05) is 0 Å². The van der Waals surface area contributed by atoms with Gasteiger partial charge in [0.25, 0.3) is 0 Å². The molecule has 12 heavy (non-hydrogen) atoms. The number of hydrogen-bond acceptors (Lipinski definition) is 3. The van der Waals surface area contributed by atoms with Crippen LogP contribution in [-0.2, 0) is 4.79 Å². The minimum Gasteiger partial charge on any atom is -0.397 e. The minimum absolute atomic E-state index is 0.438. The van der Waals surface area contributed by atoms with Crippen molar-refractivity contribution in [3.63, 3.8) is 0 Å². The standard InChI is InChI=1S/C8H8N2O2/c9-7-2-1-6(4-11)3-8(7)10-5-12/h1-5H,9H2,(H,10,12). The second-order valence-electron chi connectivity index (χ2n) is 2.23. The van der Waals surface area contributed by atoms with E-state index in [1.54, 1.807) is 12.1 Å². The Kier molecular flexibility index (Phi) is 2.42. The van der Waals surface area contributed by atoms with Crippen LogP contribution in [0.5, 0.6) is 0 Å². The van der Waals surface area contributed by atoms with E-state index in [9.17, 15) is 9.59 Å². The zero-order valence-corrected chi connectivity index (χ0v) is 6.28. The number of nitrogen functional groups attached to an aromatic ring is 1. The zero-order chi connectivity index (χ0) is 8.97. The average molecular weight is 164 g/mol. The third kappa shape index (κ3) is 1.60. The highest BCUT2D eigenvalue weighted by molar-refractivity contribution is 5.85. The van der Waals surface area contributed by atoms with Gasteiger partial charge < -0.3 is 11.1 Å². The quantitative estimate of drug-likeness (QED) is 0.509. The van der Waals surface area contributed by atoms with Gasteiger partial charge in [-0.2, -0.15) is 0 Å². The van der Waals surface area contributed by atoms with E-state index in [0.29, 0.717) is 29.6 Å². The first-order chi connectivity index (χ1) is 5.77. The molecular weight excluding hydrogens is 156 g/mol. The first-order valence-electron chi connectivity index (χ1n) is 3.33. The molecule has 1 aromatic carbocycles. The summed E-state index contributed by atoms with van der Waals surface area (Å²) in [5.74, 6) is 0. The molecule has 0 saturated carbocycles. The van der Waals surface area contributed by atoms with Crippen LogP contribution in [0.1, 0.15) is 10.4 Å². The highest BCUT2D eigenvalue weighted by atomic mass is 16.1. The molecule has 0 radical (unpaired) electrons. The van der Waals surface area contributed by atoms with Gasteiger partial charge in [-0.15, -0.1) is 0 Å². The molecule has 0 aliphatic heterocycles. The van der Waals surface area contributed by atoms with Crippen LogP contribution in [0, 0.1) is 0 Å². The van der Waals surface area contributed by atoms with E-state index in [1.807, 2.05) is 0 Å². The third-order valence-electron chi connectivity index (χ3n) is 1.43. The van der Waals surface area contributed by atoms with Crippen LogP contribution in [0.2, 0.25) is 0 Å². The fourth-order valence-corrected chi connectivity index (χ4v) is 0.836. The van der Waals surface area contributed by atoms with Crippen LogP contribution >= 0.6 is 0 Å². The molecule has 0 fully saturated rings. The van der Waals surface area contributed by atoms with Crippen LogP contribution in [0.25, 0.3) is 0 Å². The lowest BCUT2D eigenvalue weighted by Crippen LogP contribution is -1.99. The molecule has 0 aliphatic carbocycles. The predicted molar refractivity (Wildman–Crippen MR) is 45.9 cm³/mol. The molecule has 4 nitrogen and oxygen atoms in total. The lowest BCUT2D eigenvalue weighted by Gasteiger charge is -2.02. The molecule has 1 aromatic rings. The second-order valence-corrected chi connectivity index (χ2v) is 2.23. The van der Waals surface area contributed by atoms with Crippen molar-refractivity contribution in [2.75, 3.05) is 11.1 Å². The Morgan fingerprint density at radius 1 is 1.33 bits per heavy atom. The van der Waals surface area contributed by atoms with E-state index in [4.69, 9.17) is 5.73 Å². The lowest BCUT2D eigenvalue weighted by atomic mass is 10.2. The zero-order valence-electron chi connectivity index (χ0n) is 6.28. The topological polar surface area (TPSA) is 72.2 Å². The summed E-state index contributed by atoms with van der Waals surface area (Å²) in [4.78, 5) is 20.4. The van der Waals surface area contributed by atoms with Gasteiger partial charge in [-0.05, 0) is 18.2 Å². The Morgan fingerprint density at radius 3 is 2.67 bits per heavy atom. The molecule has 0 aliphatic rings. The fourth-order valence-electron chi connectivity index (χ4n) is 0.836. The van der Waals surface area contributed by atoms with Crippen LogP contribution in [0.15, 0.2) is 18.2 Å². The van der Waals surface area contributed by atoms with Gasteiger partial charge in [0.2, 0.25) is 6.41 Å². The van der Waals surface area contributed by atoms with Gasteiger partial charge in [0.1, 0.15) is 6.29 Å². The van der Waals surface area contributed by atoms with Crippen molar-refractivity contribution < 1.29 is 9.59 Å². The van der Waals surface area contributed by atoms with Crippen molar-refractivity contribution in [1.29, 1.82) is 0 Å². The van der Waals surface area contributed by atoms with Gasteiger partial charge in [0.15, 0.2) is 0 Å². The molecule has 0 atom stereocenters. The summed E-state index contributed by atoms with van der Waals surface area (Å²) < 4.78 is 0. The Bertz CT molecular complexity index is 310. The number of aldehydes is 1. The van der Waals surface area contributed by atoms with Crippen molar-refractivity contribution in [2.24, 2.45) is 0 Å². The van der Waals surface area contributed by atoms with Crippen LogP contribution in [0.4, 0.5) is 11.4 Å². The molecule has 4 heteroatoms. The van der Waals surface area contributed by atoms with Crippen molar-refractivity contribution in [3.8, 4) is 0 Å². The number of amides is 1. The largest absolute Gasteiger partial charge is 0.397 e. The summed E-state index contributed by atoms with van der Waals surface area (Å²) in [6, 6.07) is 4.66. The Balaban J connectivity index is 3.06. The van der Waals surface area contributed by atoms with Crippen LogP contribution in [0.3, 0.4) is 0 Å². The minimum atomic E-state index is 0.438. The number of carbonyl (C=O) groups is 2. The summed E-state index contributed by atoms with van der Waals surface area (Å²) in [5.41, 5.74) is 6.86. The Morgan fingerprint density at radius 2 is 2.08 bits per heavy atom. The first-order valence-corrected chi connectivity index (χ1v) is 3.33. The molecule has 0 spiro atoms. The van der Waals surface area contributed by atoms with Crippen molar-refractivity contribution in [1.82, 2.24) is 0 Å². The highest BCUT2D eigenvalue weighted by Crippen LogP contribution is 2.17. The predicted octanol–water partition coefficient (Wildman–Crippen LogP) is 0.650. The molecule has 0 aromatic heterocycles. The lowest BCUT2D eigenvalue weighted by molar-refractivity contribution is -0.105. The Labute approximate surface area is 69.4 Å². The fraction of sp³-hybridized carbons (Fsp3) is 0. The molecule has 62 valence electrons. The van der Waals surface area contributed by atoms with Gasteiger partial charge in [-0.25, -0.2) is 0 Å². The van der Waals surface area contributed by atoms with E-state index < -0.39 is 0 Å². The van der Waals surface area contributed by atoms with E-state index >= 15 is 0 Å². The van der Waals surface area contributed by atoms with Crippen molar-refractivity contribution in [2.45, 2.75) is 0 Å². The van der Waals surface area contributed by atoms with Gasteiger partial charge in [0.05, 0.1) is 11.4 Å². The SMILES string of the molecule is Nc1ccc(C=O)cc1NC=O. The molecule has 0 bridgehead atoms. The van der Waals surface area contributed by atoms with E-state index in [0.717, 1.165) is 0 Å². The number of rotatable bonds is 3. The number of nitrogens with two attached hydrogens (primary N) is 1. The molecule has 3 N–H and O–H groups in total. The number of hydrogen-bond donors (Lipinski definition) is 2. The van der Waals surface area contributed by atoms with Crippen LogP contribution in [-0.4, -0.2) is 12.7 Å². The van der Waals surface area contributed by atoms with Gasteiger partial charge >= 0.3 is 0 Å². The maximum Gasteiger partial charge on any atom is 0.211 e. The molecule has 1 amide bonds. The molecule has 0 unspecified atom stereocenters. The van der Waals surface area contributed by atoms with E-state index in [2.05, 4.69) is 5.32 Å². The number of nitrogens with one attached hydrogen (secondary N) is 1. The second kappa shape index (κ2) is 3.52. The average Bonchev–Trinajstić information content (AvgIpc) is 2.09.